The summed E-state index contributed by atoms with van der Waals surface area (Å²) in [6.45, 7) is 1.61. The molecule has 0 radical (unpaired) electrons. The molecule has 0 aliphatic carbocycles. The van der Waals surface area contributed by atoms with Crippen molar-refractivity contribution >= 4 is 50.5 Å². The van der Waals surface area contributed by atoms with E-state index < -0.39 is 5.91 Å². The normalized spacial score (nSPS) is 14.7. The van der Waals surface area contributed by atoms with Gasteiger partial charge in [0.1, 0.15) is 4.83 Å². The van der Waals surface area contributed by atoms with E-state index in [0.717, 1.165) is 20.1 Å². The van der Waals surface area contributed by atoms with Crippen molar-refractivity contribution in [2.45, 2.75) is 6.92 Å². The highest BCUT2D eigenvalue weighted by molar-refractivity contribution is 7.17. The number of carbonyl (C=O) groups excluding carboxylic acids is 2. The van der Waals surface area contributed by atoms with Gasteiger partial charge in [0.15, 0.2) is 11.6 Å². The number of imide groups is 1. The van der Waals surface area contributed by atoms with Gasteiger partial charge in [-0.3, -0.25) is 15.0 Å². The summed E-state index contributed by atoms with van der Waals surface area (Å²) >= 11 is 3.02. The molecule has 0 fully saturated rings. The third kappa shape index (κ3) is 2.32. The topological polar surface area (TPSA) is 75.2 Å². The number of hydrazine groups is 1. The van der Waals surface area contributed by atoms with Gasteiger partial charge in [-0.1, -0.05) is 6.07 Å². The monoisotopic (exact) mass is 342 g/mol. The van der Waals surface area contributed by atoms with Crippen molar-refractivity contribution in [2.24, 2.45) is 0 Å². The van der Waals surface area contributed by atoms with Crippen molar-refractivity contribution in [1.29, 1.82) is 0 Å². The zero-order valence-corrected chi connectivity index (χ0v) is 13.6. The number of nitrogens with one attached hydrogen (secondary N) is 1. The minimum atomic E-state index is -0.396. The first-order valence-electron chi connectivity index (χ1n) is 6.76. The molecule has 1 aliphatic heterocycles. The lowest BCUT2D eigenvalue weighted by atomic mass is 10.3. The van der Waals surface area contributed by atoms with E-state index in [1.807, 2.05) is 29.0 Å². The maximum atomic E-state index is 12.0. The Hall–Kier alpha value is -2.58. The molecule has 3 aromatic heterocycles. The lowest BCUT2D eigenvalue weighted by Crippen LogP contribution is -2.36. The number of carbonyl (C=O) groups is 2. The van der Waals surface area contributed by atoms with Crippen molar-refractivity contribution in [3.63, 3.8) is 0 Å². The second-order valence-electron chi connectivity index (χ2n) is 4.93. The number of thiophene rings is 2. The lowest BCUT2D eigenvalue weighted by molar-refractivity contribution is -0.135. The summed E-state index contributed by atoms with van der Waals surface area (Å²) < 4.78 is 0. The molecule has 6 nitrogen and oxygen atoms in total. The van der Waals surface area contributed by atoms with E-state index in [4.69, 9.17) is 0 Å². The quantitative estimate of drug-likeness (QED) is 0.741. The number of amides is 2. The van der Waals surface area contributed by atoms with Crippen molar-refractivity contribution in [3.8, 4) is 10.7 Å². The molecule has 1 N–H and O–H groups in total. The summed E-state index contributed by atoms with van der Waals surface area (Å²) in [7, 11) is 0. The maximum Gasteiger partial charge on any atom is 0.275 e. The van der Waals surface area contributed by atoms with Crippen LogP contribution in [0.4, 0.5) is 5.82 Å². The van der Waals surface area contributed by atoms with Crippen molar-refractivity contribution in [2.75, 3.05) is 5.43 Å². The van der Waals surface area contributed by atoms with Gasteiger partial charge in [-0.15, -0.1) is 22.7 Å². The highest BCUT2D eigenvalue weighted by atomic mass is 32.1. The predicted molar refractivity (Wildman–Crippen MR) is 90.0 cm³/mol. The Morgan fingerprint density at radius 3 is 2.70 bits per heavy atom. The van der Waals surface area contributed by atoms with E-state index in [0.29, 0.717) is 17.2 Å². The van der Waals surface area contributed by atoms with Crippen LogP contribution in [0, 0.1) is 0 Å². The molecule has 8 heteroatoms. The van der Waals surface area contributed by atoms with Gasteiger partial charge in [-0.25, -0.2) is 9.97 Å². The molecule has 4 rings (SSSR count). The predicted octanol–water partition coefficient (Wildman–Crippen LogP) is 3.06. The standard InChI is InChI=1S/C15H10N4O2S2/c1-8-7-11(20)19(15(8)21)18-12-9-4-6-23-14(9)17-13(16-12)10-3-2-5-22-10/h2-7H,1H3,(H,16,17,18). The molecule has 0 saturated carbocycles. The molecule has 0 unspecified atom stereocenters. The first-order chi connectivity index (χ1) is 11.1. The van der Waals surface area contributed by atoms with Gasteiger partial charge in [-0.2, -0.15) is 5.01 Å². The van der Waals surface area contributed by atoms with Crippen LogP contribution in [0.15, 0.2) is 40.6 Å². The van der Waals surface area contributed by atoms with E-state index in [1.165, 1.54) is 28.7 Å². The molecule has 1 aliphatic rings. The lowest BCUT2D eigenvalue weighted by Gasteiger charge is -2.17. The zero-order valence-electron chi connectivity index (χ0n) is 11.9. The van der Waals surface area contributed by atoms with E-state index in [1.54, 1.807) is 6.92 Å². The van der Waals surface area contributed by atoms with Gasteiger partial charge in [0.2, 0.25) is 0 Å². The van der Waals surface area contributed by atoms with Crippen molar-refractivity contribution in [3.05, 3.63) is 40.6 Å². The number of nitrogens with zero attached hydrogens (tertiary/aromatic N) is 3. The molecule has 114 valence electrons. The second-order valence-corrected chi connectivity index (χ2v) is 6.77. The number of anilines is 1. The third-order valence-corrected chi connectivity index (χ3v) is 5.06. The summed E-state index contributed by atoms with van der Waals surface area (Å²) in [4.78, 5) is 34.7. The minimum absolute atomic E-state index is 0.366. The van der Waals surface area contributed by atoms with Crippen LogP contribution in [-0.2, 0) is 9.59 Å². The molecule has 0 spiro atoms. The van der Waals surface area contributed by atoms with Crippen molar-refractivity contribution < 1.29 is 9.59 Å². The van der Waals surface area contributed by atoms with Gasteiger partial charge in [0.25, 0.3) is 11.8 Å². The molecule has 23 heavy (non-hydrogen) atoms. The van der Waals surface area contributed by atoms with Crippen LogP contribution in [-0.4, -0.2) is 26.8 Å². The summed E-state index contributed by atoms with van der Waals surface area (Å²) in [5, 5.41) is 5.61. The van der Waals surface area contributed by atoms with Crippen LogP contribution in [0.25, 0.3) is 20.9 Å². The molecule has 2 amide bonds. The van der Waals surface area contributed by atoms with Crippen LogP contribution < -0.4 is 5.43 Å². The number of hydrogen-bond acceptors (Lipinski definition) is 7. The average Bonchev–Trinajstić information content (AvgIpc) is 3.25. The molecule has 0 bridgehead atoms. The fraction of sp³-hybridized carbons (Fsp3) is 0.0667. The molecular weight excluding hydrogens is 332 g/mol. The summed E-state index contributed by atoms with van der Waals surface area (Å²) in [6.07, 6.45) is 1.31. The first kappa shape index (κ1) is 14.0. The fourth-order valence-electron chi connectivity index (χ4n) is 2.26. The Balaban J connectivity index is 1.79. The van der Waals surface area contributed by atoms with E-state index in [9.17, 15) is 9.59 Å². The van der Waals surface area contributed by atoms with E-state index in [2.05, 4.69) is 15.4 Å². The van der Waals surface area contributed by atoms with Crippen molar-refractivity contribution in [1.82, 2.24) is 15.0 Å². The Kier molecular flexibility index (Phi) is 3.21. The summed E-state index contributed by atoms with van der Waals surface area (Å²) in [6, 6.07) is 5.73. The van der Waals surface area contributed by atoms with Crippen LogP contribution in [0.3, 0.4) is 0 Å². The Labute approximate surface area is 139 Å². The summed E-state index contributed by atoms with van der Waals surface area (Å²) in [5.41, 5.74) is 3.24. The highest BCUT2D eigenvalue weighted by Gasteiger charge is 2.29. The number of hydrogen-bond donors (Lipinski definition) is 1. The maximum absolute atomic E-state index is 12.0. The fourth-order valence-corrected chi connectivity index (χ4v) is 3.68. The average molecular weight is 342 g/mol. The SMILES string of the molecule is CC1=CC(=O)N(Nc2nc(-c3cccs3)nc3sccc23)C1=O. The van der Waals surface area contributed by atoms with Gasteiger partial charge in [-0.05, 0) is 29.8 Å². The Bertz CT molecular complexity index is 959. The summed E-state index contributed by atoms with van der Waals surface area (Å²) in [5.74, 6) is 0.257. The van der Waals surface area contributed by atoms with Gasteiger partial charge < -0.3 is 0 Å². The molecular formula is C15H10N4O2S2. The molecule has 4 heterocycles. The van der Waals surface area contributed by atoms with Crippen LogP contribution >= 0.6 is 22.7 Å². The Morgan fingerprint density at radius 1 is 1.13 bits per heavy atom. The number of aromatic nitrogens is 2. The molecule has 0 saturated heterocycles. The molecule has 3 aromatic rings. The van der Waals surface area contributed by atoms with E-state index in [-0.39, 0.29) is 5.91 Å². The van der Waals surface area contributed by atoms with Gasteiger partial charge in [0.05, 0.1) is 10.3 Å². The largest absolute Gasteiger partial charge is 0.275 e. The van der Waals surface area contributed by atoms with Gasteiger partial charge in [0, 0.05) is 11.6 Å². The smallest absolute Gasteiger partial charge is 0.271 e. The highest BCUT2D eigenvalue weighted by Crippen LogP contribution is 2.30. The van der Waals surface area contributed by atoms with E-state index >= 15 is 0 Å². The zero-order chi connectivity index (χ0) is 16.0. The van der Waals surface area contributed by atoms with Gasteiger partial charge >= 0.3 is 0 Å². The van der Waals surface area contributed by atoms with Crippen LogP contribution in [0.1, 0.15) is 6.92 Å². The number of rotatable bonds is 3. The minimum Gasteiger partial charge on any atom is -0.271 e. The van der Waals surface area contributed by atoms with Crippen LogP contribution in [0.2, 0.25) is 0 Å². The second kappa shape index (κ2) is 5.25. The first-order valence-corrected chi connectivity index (χ1v) is 8.52. The molecule has 0 atom stereocenters. The Morgan fingerprint density at radius 2 is 2.00 bits per heavy atom. The molecule has 0 aromatic carbocycles. The number of fused-ring (bicyclic) bond motifs is 1. The third-order valence-electron chi connectivity index (χ3n) is 3.39. The van der Waals surface area contributed by atoms with Crippen LogP contribution in [0.5, 0.6) is 0 Å².